The number of hydrogen-bond donors (Lipinski definition) is 1. The van der Waals surface area contributed by atoms with E-state index in [-0.39, 0.29) is 0 Å². The van der Waals surface area contributed by atoms with Crippen LogP contribution in [0.4, 0.5) is 0 Å². The van der Waals surface area contributed by atoms with Gasteiger partial charge in [0.05, 0.1) is 5.60 Å². The topological polar surface area (TPSA) is 23.5 Å². The Kier molecular flexibility index (Phi) is 3.03. The van der Waals surface area contributed by atoms with E-state index in [2.05, 4.69) is 32.7 Å². The summed E-state index contributed by atoms with van der Waals surface area (Å²) in [5, 5.41) is 10.2. The van der Waals surface area contributed by atoms with Gasteiger partial charge in [-0.3, -0.25) is 0 Å². The molecule has 0 radical (unpaired) electrons. The number of likely N-dealkylation sites (N-methyl/N-ethyl adjacent to an activating group) is 1. The van der Waals surface area contributed by atoms with Crippen LogP contribution >= 0.6 is 0 Å². The van der Waals surface area contributed by atoms with Crippen molar-refractivity contribution < 1.29 is 5.11 Å². The van der Waals surface area contributed by atoms with Gasteiger partial charge in [0.2, 0.25) is 0 Å². The molecule has 0 amide bonds. The van der Waals surface area contributed by atoms with Gasteiger partial charge in [-0.2, -0.15) is 0 Å². The minimum absolute atomic E-state index is 0.344. The van der Waals surface area contributed by atoms with E-state index in [0.717, 1.165) is 32.4 Å². The van der Waals surface area contributed by atoms with E-state index >= 15 is 0 Å². The van der Waals surface area contributed by atoms with E-state index in [1.807, 2.05) is 0 Å². The fourth-order valence-electron chi connectivity index (χ4n) is 1.87. The number of nitrogens with zero attached hydrogens (tertiary/aromatic N) is 1. The molecule has 1 saturated heterocycles. The van der Waals surface area contributed by atoms with Crippen LogP contribution < -0.4 is 0 Å². The predicted molar refractivity (Wildman–Crippen MR) is 55.8 cm³/mol. The van der Waals surface area contributed by atoms with Gasteiger partial charge in [-0.1, -0.05) is 20.8 Å². The molecule has 0 bridgehead atoms. The average molecular weight is 185 g/mol. The molecule has 1 unspecified atom stereocenters. The highest BCUT2D eigenvalue weighted by molar-refractivity contribution is 4.89. The highest BCUT2D eigenvalue weighted by Crippen LogP contribution is 2.30. The summed E-state index contributed by atoms with van der Waals surface area (Å²) in [5.41, 5.74) is -0.0566. The normalized spacial score (nSPS) is 31.2. The van der Waals surface area contributed by atoms with Crippen LogP contribution in [0.3, 0.4) is 0 Å². The van der Waals surface area contributed by atoms with Crippen LogP contribution in [-0.2, 0) is 0 Å². The van der Waals surface area contributed by atoms with Crippen LogP contribution in [0.15, 0.2) is 0 Å². The molecule has 0 spiro atoms. The van der Waals surface area contributed by atoms with E-state index in [4.69, 9.17) is 0 Å². The molecule has 1 rings (SSSR count). The summed E-state index contributed by atoms with van der Waals surface area (Å²) >= 11 is 0. The van der Waals surface area contributed by atoms with Crippen molar-refractivity contribution in [1.29, 1.82) is 0 Å². The van der Waals surface area contributed by atoms with Crippen molar-refractivity contribution >= 4 is 0 Å². The van der Waals surface area contributed by atoms with Crippen LogP contribution in [0.1, 0.15) is 40.0 Å². The molecule has 0 aliphatic carbocycles. The molecule has 0 saturated carbocycles. The number of hydrogen-bond acceptors (Lipinski definition) is 2. The Morgan fingerprint density at radius 1 is 1.38 bits per heavy atom. The van der Waals surface area contributed by atoms with E-state index in [1.54, 1.807) is 0 Å². The zero-order valence-corrected chi connectivity index (χ0v) is 9.43. The highest BCUT2D eigenvalue weighted by atomic mass is 16.3. The van der Waals surface area contributed by atoms with E-state index in [0.29, 0.717) is 5.41 Å². The summed E-state index contributed by atoms with van der Waals surface area (Å²) in [6, 6.07) is 0. The van der Waals surface area contributed by atoms with Crippen LogP contribution in [0, 0.1) is 5.41 Å². The number of β-amino-alcohol motifs (C(OH)–C–C–N with tert-alkyl or cyclic N) is 1. The SMILES string of the molecule is CN1CCC(O)(CCC(C)(C)C)C1. The monoisotopic (exact) mass is 185 g/mol. The lowest BCUT2D eigenvalue weighted by Crippen LogP contribution is -2.33. The molecule has 1 N–H and O–H groups in total. The maximum absolute atomic E-state index is 10.2. The molecular weight excluding hydrogens is 162 g/mol. The fraction of sp³-hybridized carbons (Fsp3) is 1.00. The molecule has 2 heteroatoms. The maximum Gasteiger partial charge on any atom is 0.0786 e. The highest BCUT2D eigenvalue weighted by Gasteiger charge is 2.34. The third-order valence-corrected chi connectivity index (χ3v) is 2.86. The zero-order chi connectivity index (χ0) is 10.1. The minimum atomic E-state index is -0.401. The van der Waals surface area contributed by atoms with Crippen molar-refractivity contribution in [3.63, 3.8) is 0 Å². The molecular formula is C11H23NO. The first-order valence-electron chi connectivity index (χ1n) is 5.22. The quantitative estimate of drug-likeness (QED) is 0.710. The molecule has 1 aliphatic heterocycles. The van der Waals surface area contributed by atoms with Gasteiger partial charge < -0.3 is 10.0 Å². The summed E-state index contributed by atoms with van der Waals surface area (Å²) < 4.78 is 0. The van der Waals surface area contributed by atoms with Crippen molar-refractivity contribution in [3.05, 3.63) is 0 Å². The Balaban J connectivity index is 2.36. The minimum Gasteiger partial charge on any atom is -0.389 e. The second-order valence-electron chi connectivity index (χ2n) is 5.77. The van der Waals surface area contributed by atoms with Crippen LogP contribution in [0.5, 0.6) is 0 Å². The summed E-state index contributed by atoms with van der Waals surface area (Å²) in [6.07, 6.45) is 3.00. The largest absolute Gasteiger partial charge is 0.389 e. The molecule has 13 heavy (non-hydrogen) atoms. The van der Waals surface area contributed by atoms with E-state index in [1.165, 1.54) is 0 Å². The summed E-state index contributed by atoms with van der Waals surface area (Å²) in [4.78, 5) is 2.21. The van der Waals surface area contributed by atoms with Gasteiger partial charge in [0.25, 0.3) is 0 Å². The van der Waals surface area contributed by atoms with Gasteiger partial charge in [0, 0.05) is 13.1 Å². The first-order valence-corrected chi connectivity index (χ1v) is 5.22. The Morgan fingerprint density at radius 2 is 2.00 bits per heavy atom. The van der Waals surface area contributed by atoms with E-state index < -0.39 is 5.60 Å². The smallest absolute Gasteiger partial charge is 0.0786 e. The number of rotatable bonds is 2. The number of aliphatic hydroxyl groups is 1. The van der Waals surface area contributed by atoms with Gasteiger partial charge >= 0.3 is 0 Å². The molecule has 1 fully saturated rings. The molecule has 0 aromatic carbocycles. The lowest BCUT2D eigenvalue weighted by atomic mass is 9.84. The standard InChI is InChI=1S/C11H23NO/c1-10(2,3)5-6-11(13)7-8-12(4)9-11/h13H,5-9H2,1-4H3. The summed E-state index contributed by atoms with van der Waals surface area (Å²) in [7, 11) is 2.08. The molecule has 0 aromatic rings. The van der Waals surface area contributed by atoms with Crippen LogP contribution in [0.2, 0.25) is 0 Å². The van der Waals surface area contributed by atoms with Crippen molar-refractivity contribution in [3.8, 4) is 0 Å². The average Bonchev–Trinajstić information content (AvgIpc) is 2.27. The summed E-state index contributed by atoms with van der Waals surface area (Å²) in [5.74, 6) is 0. The van der Waals surface area contributed by atoms with E-state index in [9.17, 15) is 5.11 Å². The second-order valence-corrected chi connectivity index (χ2v) is 5.77. The predicted octanol–water partition coefficient (Wildman–Crippen LogP) is 1.88. The number of likely N-dealkylation sites (tertiary alicyclic amines) is 1. The third-order valence-electron chi connectivity index (χ3n) is 2.86. The van der Waals surface area contributed by atoms with Crippen molar-refractivity contribution in [2.24, 2.45) is 5.41 Å². The van der Waals surface area contributed by atoms with Gasteiger partial charge in [-0.05, 0) is 31.7 Å². The summed E-state index contributed by atoms with van der Waals surface area (Å²) in [6.45, 7) is 8.59. The Labute approximate surface area is 81.9 Å². The first-order chi connectivity index (χ1) is 5.81. The maximum atomic E-state index is 10.2. The van der Waals surface area contributed by atoms with Crippen molar-refractivity contribution in [1.82, 2.24) is 4.90 Å². The first kappa shape index (κ1) is 11.0. The molecule has 2 nitrogen and oxygen atoms in total. The lowest BCUT2D eigenvalue weighted by molar-refractivity contribution is 0.0322. The van der Waals surface area contributed by atoms with Gasteiger partial charge in [0.1, 0.15) is 0 Å². The lowest BCUT2D eigenvalue weighted by Gasteiger charge is -2.27. The zero-order valence-electron chi connectivity index (χ0n) is 9.43. The molecule has 1 atom stereocenters. The fourth-order valence-corrected chi connectivity index (χ4v) is 1.87. The molecule has 1 aliphatic rings. The van der Waals surface area contributed by atoms with Crippen LogP contribution in [-0.4, -0.2) is 35.7 Å². The van der Waals surface area contributed by atoms with Crippen molar-refractivity contribution in [2.75, 3.05) is 20.1 Å². The molecule has 0 aromatic heterocycles. The Morgan fingerprint density at radius 3 is 2.38 bits per heavy atom. The Bertz CT molecular complexity index is 173. The van der Waals surface area contributed by atoms with Gasteiger partial charge in [-0.25, -0.2) is 0 Å². The third kappa shape index (κ3) is 3.65. The van der Waals surface area contributed by atoms with Gasteiger partial charge in [0.15, 0.2) is 0 Å². The molecule has 1 heterocycles. The van der Waals surface area contributed by atoms with Crippen LogP contribution in [0.25, 0.3) is 0 Å². The molecule has 78 valence electrons. The second kappa shape index (κ2) is 3.58. The Hall–Kier alpha value is -0.0800. The van der Waals surface area contributed by atoms with Crippen molar-refractivity contribution in [2.45, 2.75) is 45.6 Å². The van der Waals surface area contributed by atoms with Gasteiger partial charge in [-0.15, -0.1) is 0 Å².